The Labute approximate surface area is 382 Å². The van der Waals surface area contributed by atoms with Crippen molar-refractivity contribution in [2.45, 2.75) is 59.3 Å². The Balaban J connectivity index is 0.000000147. The van der Waals surface area contributed by atoms with Crippen LogP contribution in [0.3, 0.4) is 0 Å². The van der Waals surface area contributed by atoms with Crippen molar-refractivity contribution in [3.8, 4) is 27.9 Å². The standard InChI is InChI=1S/C31H25NS.C28H23N.C2H6/c1-2-3-4-9-19-32-28-15-7-5-11-23(28)21-24-20-22(17-18-29(24)32)25-13-10-14-27-26-12-6-8-16-30(26)33-31(25)27;1-18-13-14-26-22(15-18)23-16-21-20-11-7-8-12-24(20)28(2,3)25(21)17-27(23)29(26)19-9-5-4-6-10-19;1-2/h2-7,9-15,17-20H,1,8,16,21H2;4-17H,1-3H3;1-2H3/b4-3-,19-9-;;. The molecule has 3 heteroatoms. The molecule has 0 radical (unpaired) electrons. The number of rotatable bonds is 5. The van der Waals surface area contributed by atoms with E-state index in [-0.39, 0.29) is 5.41 Å². The molecule has 0 unspecified atom stereocenters. The first-order valence-electron chi connectivity index (χ1n) is 22.8. The number of nitrogens with zero attached hydrogens (tertiary/aromatic N) is 2. The highest BCUT2D eigenvalue weighted by atomic mass is 32.1. The summed E-state index contributed by atoms with van der Waals surface area (Å²) in [6, 6.07) is 53.7. The number of thiophene rings is 1. The van der Waals surface area contributed by atoms with Gasteiger partial charge in [-0.05, 0) is 131 Å². The van der Waals surface area contributed by atoms with Crippen LogP contribution in [0.25, 0.3) is 65.9 Å². The highest BCUT2D eigenvalue weighted by molar-refractivity contribution is 7.20. The van der Waals surface area contributed by atoms with Gasteiger partial charge in [-0.2, -0.15) is 0 Å². The maximum absolute atomic E-state index is 3.76. The predicted octanol–water partition coefficient (Wildman–Crippen LogP) is 17.3. The number of aromatic nitrogens is 1. The summed E-state index contributed by atoms with van der Waals surface area (Å²) < 4.78 is 3.83. The first-order chi connectivity index (χ1) is 31.4. The van der Waals surface area contributed by atoms with Gasteiger partial charge in [-0.25, -0.2) is 0 Å². The van der Waals surface area contributed by atoms with E-state index < -0.39 is 0 Å². The number of anilines is 2. The molecule has 9 aromatic rings. The van der Waals surface area contributed by atoms with Gasteiger partial charge in [0.15, 0.2) is 0 Å². The van der Waals surface area contributed by atoms with Crippen LogP contribution in [0.4, 0.5) is 11.4 Å². The Kier molecular flexibility index (Phi) is 10.9. The van der Waals surface area contributed by atoms with Crippen molar-refractivity contribution in [2.75, 3.05) is 4.90 Å². The molecular weight excluding hydrogens is 793 g/mol. The van der Waals surface area contributed by atoms with E-state index >= 15 is 0 Å². The summed E-state index contributed by atoms with van der Waals surface area (Å²) in [4.78, 5) is 3.83. The lowest BCUT2D eigenvalue weighted by molar-refractivity contribution is 0.661. The fraction of sp³-hybridized carbons (Fsp3) is 0.148. The number of aryl methyl sites for hydroxylation is 2. The maximum atomic E-state index is 3.76. The normalized spacial score (nSPS) is 14.1. The van der Waals surface area contributed by atoms with Crippen molar-refractivity contribution in [3.63, 3.8) is 0 Å². The zero-order valence-corrected chi connectivity index (χ0v) is 38.3. The minimum atomic E-state index is 0.00794. The lowest BCUT2D eigenvalue weighted by atomic mass is 9.82. The van der Waals surface area contributed by atoms with Gasteiger partial charge in [0, 0.05) is 60.8 Å². The molecule has 0 fully saturated rings. The van der Waals surface area contributed by atoms with E-state index in [2.05, 4.69) is 207 Å². The lowest BCUT2D eigenvalue weighted by Gasteiger charge is -2.31. The van der Waals surface area contributed by atoms with Gasteiger partial charge in [-0.15, -0.1) is 11.3 Å². The van der Waals surface area contributed by atoms with E-state index in [9.17, 15) is 0 Å². The first-order valence-corrected chi connectivity index (χ1v) is 23.6. The van der Waals surface area contributed by atoms with Gasteiger partial charge < -0.3 is 9.47 Å². The minimum absolute atomic E-state index is 0.00794. The molecule has 0 spiro atoms. The predicted molar refractivity (Wildman–Crippen MR) is 279 cm³/mol. The average molecular weight is 847 g/mol. The molecule has 64 heavy (non-hydrogen) atoms. The van der Waals surface area contributed by atoms with E-state index in [1.807, 2.05) is 37.3 Å². The van der Waals surface area contributed by atoms with Crippen LogP contribution in [-0.4, -0.2) is 4.57 Å². The molecule has 0 N–H and O–H groups in total. The molecular formula is C61H54N2S. The summed E-state index contributed by atoms with van der Waals surface area (Å²) in [5, 5.41) is 4.05. The molecule has 2 nitrogen and oxygen atoms in total. The number of benzene rings is 7. The van der Waals surface area contributed by atoms with Crippen LogP contribution in [0.1, 0.15) is 72.4 Å². The van der Waals surface area contributed by atoms with Crippen molar-refractivity contribution in [1.82, 2.24) is 4.57 Å². The molecule has 0 amide bonds. The zero-order valence-electron chi connectivity index (χ0n) is 37.5. The first kappa shape index (κ1) is 41.1. The summed E-state index contributed by atoms with van der Waals surface area (Å²) in [6.45, 7) is 14.6. The summed E-state index contributed by atoms with van der Waals surface area (Å²) >= 11 is 1.97. The highest BCUT2D eigenvalue weighted by Crippen LogP contribution is 2.51. The van der Waals surface area contributed by atoms with Crippen LogP contribution < -0.4 is 4.90 Å². The summed E-state index contributed by atoms with van der Waals surface area (Å²) in [5.74, 6) is 0. The summed E-state index contributed by atoms with van der Waals surface area (Å²) in [6.07, 6.45) is 17.9. The quantitative estimate of drug-likeness (QED) is 0.157. The third kappa shape index (κ3) is 6.96. The Bertz CT molecular complexity index is 3330. The third-order valence-electron chi connectivity index (χ3n) is 13.2. The van der Waals surface area contributed by atoms with E-state index in [4.69, 9.17) is 0 Å². The fourth-order valence-electron chi connectivity index (χ4n) is 10.2. The van der Waals surface area contributed by atoms with Crippen LogP contribution in [0.15, 0.2) is 189 Å². The van der Waals surface area contributed by atoms with Gasteiger partial charge in [0.25, 0.3) is 0 Å². The smallest absolute Gasteiger partial charge is 0.0544 e. The van der Waals surface area contributed by atoms with Crippen molar-refractivity contribution >= 4 is 60.7 Å². The number of fused-ring (bicyclic) bond motifs is 11. The second-order valence-corrected chi connectivity index (χ2v) is 18.4. The minimum Gasteiger partial charge on any atom is -0.317 e. The SMILES string of the molecule is C=C/C=C\C=C/N1c2ccccc2Cc2cc(-c3cccc4c5c(sc34)CCC=C5)ccc21.CC.Cc1ccc2c(c1)c1cc3c(cc1n2-c1ccccc1)C(C)(C)c1ccccc1-3. The van der Waals surface area contributed by atoms with Crippen molar-refractivity contribution in [3.05, 3.63) is 227 Å². The average Bonchev–Trinajstić information content (AvgIpc) is 3.95. The molecule has 7 aromatic carbocycles. The molecule has 0 saturated heterocycles. The largest absolute Gasteiger partial charge is 0.317 e. The van der Waals surface area contributed by atoms with Gasteiger partial charge in [0.05, 0.1) is 11.0 Å². The van der Waals surface area contributed by atoms with Crippen molar-refractivity contribution in [2.24, 2.45) is 0 Å². The second kappa shape index (κ2) is 17.0. The Morgan fingerprint density at radius 1 is 0.625 bits per heavy atom. The van der Waals surface area contributed by atoms with Crippen LogP contribution >= 0.6 is 11.3 Å². The highest BCUT2D eigenvalue weighted by Gasteiger charge is 2.36. The van der Waals surface area contributed by atoms with Crippen molar-refractivity contribution < 1.29 is 0 Å². The van der Waals surface area contributed by atoms with Crippen LogP contribution in [0.5, 0.6) is 0 Å². The topological polar surface area (TPSA) is 8.17 Å². The monoisotopic (exact) mass is 846 g/mol. The lowest BCUT2D eigenvalue weighted by Crippen LogP contribution is -2.17. The van der Waals surface area contributed by atoms with E-state index in [0.717, 1.165) is 19.3 Å². The summed E-state index contributed by atoms with van der Waals surface area (Å²) in [7, 11) is 0. The zero-order chi connectivity index (χ0) is 44.0. The molecule has 0 bridgehead atoms. The fourth-order valence-corrected chi connectivity index (χ4v) is 11.5. The van der Waals surface area contributed by atoms with Gasteiger partial charge in [-0.3, -0.25) is 0 Å². The van der Waals surface area contributed by atoms with Crippen LogP contribution in [-0.2, 0) is 18.3 Å². The van der Waals surface area contributed by atoms with Crippen molar-refractivity contribution in [1.29, 1.82) is 0 Å². The molecule has 3 aliphatic rings. The number of para-hydroxylation sites is 2. The van der Waals surface area contributed by atoms with Gasteiger partial charge in [-0.1, -0.05) is 161 Å². The summed E-state index contributed by atoms with van der Waals surface area (Å²) in [5.41, 5.74) is 20.0. The molecule has 314 valence electrons. The molecule has 0 atom stereocenters. The Morgan fingerprint density at radius 3 is 2.25 bits per heavy atom. The van der Waals surface area contributed by atoms with Gasteiger partial charge >= 0.3 is 0 Å². The Morgan fingerprint density at radius 2 is 1.39 bits per heavy atom. The Hall–Kier alpha value is -6.94. The number of allylic oxidation sites excluding steroid dienone is 5. The van der Waals surface area contributed by atoms with Gasteiger partial charge in [0.2, 0.25) is 0 Å². The molecule has 2 aliphatic carbocycles. The maximum Gasteiger partial charge on any atom is 0.0544 e. The molecule has 2 aromatic heterocycles. The van der Waals surface area contributed by atoms with E-state index in [0.29, 0.717) is 0 Å². The van der Waals surface area contributed by atoms with Crippen LogP contribution in [0, 0.1) is 6.92 Å². The molecule has 3 heterocycles. The molecule has 0 saturated carbocycles. The second-order valence-electron chi connectivity index (χ2n) is 17.3. The molecule has 1 aliphatic heterocycles. The van der Waals surface area contributed by atoms with Crippen LogP contribution in [0.2, 0.25) is 0 Å². The van der Waals surface area contributed by atoms with E-state index in [1.165, 1.54) is 109 Å². The number of hydrogen-bond acceptors (Lipinski definition) is 2. The molecule has 12 rings (SSSR count). The van der Waals surface area contributed by atoms with E-state index in [1.54, 1.807) is 6.08 Å². The van der Waals surface area contributed by atoms with Gasteiger partial charge in [0.1, 0.15) is 0 Å². The third-order valence-corrected chi connectivity index (χ3v) is 14.5. The number of hydrogen-bond donors (Lipinski definition) is 0.